The summed E-state index contributed by atoms with van der Waals surface area (Å²) >= 11 is 0. The number of carbonyl (C=O) groups excluding carboxylic acids is 1. The van der Waals surface area contributed by atoms with Crippen LogP contribution >= 0.6 is 0 Å². The molecule has 2 N–H and O–H groups in total. The van der Waals surface area contributed by atoms with Gasteiger partial charge in [0.15, 0.2) is 0 Å². The third-order valence-corrected chi connectivity index (χ3v) is 2.92. The van der Waals surface area contributed by atoms with E-state index in [1.165, 1.54) is 11.1 Å². The van der Waals surface area contributed by atoms with E-state index in [0.29, 0.717) is 6.42 Å². The molecule has 0 atom stereocenters. The Morgan fingerprint density at radius 1 is 1.11 bits per heavy atom. The molecule has 3 nitrogen and oxygen atoms in total. The Balaban J connectivity index is 2.10. The van der Waals surface area contributed by atoms with Gasteiger partial charge in [0.05, 0.1) is 0 Å². The van der Waals surface area contributed by atoms with Crippen LogP contribution < -0.4 is 10.6 Å². The lowest BCUT2D eigenvalue weighted by Gasteiger charge is -2.05. The van der Waals surface area contributed by atoms with Gasteiger partial charge in [-0.2, -0.15) is 0 Å². The molecule has 1 aromatic carbocycles. The summed E-state index contributed by atoms with van der Waals surface area (Å²) in [6, 6.07) is 8.51. The number of hydrogen-bond acceptors (Lipinski definition) is 2. The fraction of sp³-hybridized carbons (Fsp3) is 0.533. The SMILES string of the molecule is CNCCCNC(=O)CCCc1ccc(C)cc1. The number of benzene rings is 1. The zero-order chi connectivity index (χ0) is 13.2. The van der Waals surface area contributed by atoms with Crippen LogP contribution in [0.5, 0.6) is 0 Å². The van der Waals surface area contributed by atoms with E-state index in [-0.39, 0.29) is 5.91 Å². The normalized spacial score (nSPS) is 10.3. The first-order valence-electron chi connectivity index (χ1n) is 6.69. The summed E-state index contributed by atoms with van der Waals surface area (Å²) in [5, 5.41) is 5.99. The Bertz CT molecular complexity index is 346. The number of hydrogen-bond donors (Lipinski definition) is 2. The van der Waals surface area contributed by atoms with Crippen LogP contribution in [0.15, 0.2) is 24.3 Å². The second-order valence-electron chi connectivity index (χ2n) is 4.65. The van der Waals surface area contributed by atoms with Crippen molar-refractivity contribution in [2.45, 2.75) is 32.6 Å². The quantitative estimate of drug-likeness (QED) is 0.691. The lowest BCUT2D eigenvalue weighted by atomic mass is 10.1. The highest BCUT2D eigenvalue weighted by Gasteiger charge is 2.00. The number of rotatable bonds is 8. The fourth-order valence-corrected chi connectivity index (χ4v) is 1.79. The van der Waals surface area contributed by atoms with Gasteiger partial charge in [-0.15, -0.1) is 0 Å². The van der Waals surface area contributed by atoms with Gasteiger partial charge in [0.1, 0.15) is 0 Å². The summed E-state index contributed by atoms with van der Waals surface area (Å²) in [7, 11) is 1.92. The van der Waals surface area contributed by atoms with E-state index in [0.717, 1.165) is 32.4 Å². The lowest BCUT2D eigenvalue weighted by molar-refractivity contribution is -0.121. The highest BCUT2D eigenvalue weighted by molar-refractivity contribution is 5.75. The first-order valence-corrected chi connectivity index (χ1v) is 6.69. The predicted octanol–water partition coefficient (Wildman–Crippen LogP) is 2.04. The van der Waals surface area contributed by atoms with Gasteiger partial charge in [-0.05, 0) is 45.3 Å². The van der Waals surface area contributed by atoms with E-state index in [2.05, 4.69) is 41.8 Å². The summed E-state index contributed by atoms with van der Waals surface area (Å²) in [6.07, 6.45) is 3.50. The van der Waals surface area contributed by atoms with Crippen molar-refractivity contribution in [1.29, 1.82) is 0 Å². The molecule has 1 amide bonds. The highest BCUT2D eigenvalue weighted by atomic mass is 16.1. The van der Waals surface area contributed by atoms with Crippen LogP contribution in [0.1, 0.15) is 30.4 Å². The molecule has 0 aliphatic heterocycles. The van der Waals surface area contributed by atoms with Crippen molar-refractivity contribution in [3.63, 3.8) is 0 Å². The third-order valence-electron chi connectivity index (χ3n) is 2.92. The van der Waals surface area contributed by atoms with Crippen molar-refractivity contribution in [3.05, 3.63) is 35.4 Å². The standard InChI is InChI=1S/C15H24N2O/c1-13-7-9-14(10-8-13)5-3-6-15(18)17-12-4-11-16-2/h7-10,16H,3-6,11-12H2,1-2H3,(H,17,18). The largest absolute Gasteiger partial charge is 0.356 e. The summed E-state index contributed by atoms with van der Waals surface area (Å²) in [5.41, 5.74) is 2.59. The van der Waals surface area contributed by atoms with Crippen LogP contribution in [-0.4, -0.2) is 26.0 Å². The molecule has 0 radical (unpaired) electrons. The molecule has 1 aromatic rings. The van der Waals surface area contributed by atoms with Gasteiger partial charge in [0.2, 0.25) is 5.91 Å². The molecule has 0 saturated carbocycles. The van der Waals surface area contributed by atoms with Crippen molar-refractivity contribution < 1.29 is 4.79 Å². The minimum Gasteiger partial charge on any atom is -0.356 e. The van der Waals surface area contributed by atoms with E-state index in [9.17, 15) is 4.79 Å². The summed E-state index contributed by atoms with van der Waals surface area (Å²) in [4.78, 5) is 11.5. The lowest BCUT2D eigenvalue weighted by Crippen LogP contribution is -2.26. The van der Waals surface area contributed by atoms with Gasteiger partial charge >= 0.3 is 0 Å². The van der Waals surface area contributed by atoms with Gasteiger partial charge in [-0.3, -0.25) is 4.79 Å². The third kappa shape index (κ3) is 6.40. The van der Waals surface area contributed by atoms with E-state index in [4.69, 9.17) is 0 Å². The maximum absolute atomic E-state index is 11.5. The molecule has 18 heavy (non-hydrogen) atoms. The van der Waals surface area contributed by atoms with E-state index in [1.54, 1.807) is 0 Å². The van der Waals surface area contributed by atoms with Crippen molar-refractivity contribution in [2.75, 3.05) is 20.1 Å². The molecule has 0 aromatic heterocycles. The monoisotopic (exact) mass is 248 g/mol. The maximum Gasteiger partial charge on any atom is 0.220 e. The van der Waals surface area contributed by atoms with Crippen molar-refractivity contribution in [1.82, 2.24) is 10.6 Å². The van der Waals surface area contributed by atoms with Crippen LogP contribution in [0, 0.1) is 6.92 Å². The fourth-order valence-electron chi connectivity index (χ4n) is 1.79. The molecule has 0 aliphatic carbocycles. The zero-order valence-electron chi connectivity index (χ0n) is 11.5. The smallest absolute Gasteiger partial charge is 0.220 e. The molecule has 0 bridgehead atoms. The number of aryl methyl sites for hydroxylation is 2. The Hall–Kier alpha value is -1.35. The number of carbonyl (C=O) groups is 1. The minimum atomic E-state index is 0.165. The topological polar surface area (TPSA) is 41.1 Å². The molecule has 0 fully saturated rings. The summed E-state index contributed by atoms with van der Waals surface area (Å²) in [5.74, 6) is 0.165. The van der Waals surface area contributed by atoms with E-state index < -0.39 is 0 Å². The van der Waals surface area contributed by atoms with Gasteiger partial charge in [-0.1, -0.05) is 29.8 Å². The van der Waals surface area contributed by atoms with Crippen molar-refractivity contribution in [2.24, 2.45) is 0 Å². The Morgan fingerprint density at radius 2 is 1.83 bits per heavy atom. The molecular formula is C15H24N2O. The maximum atomic E-state index is 11.5. The van der Waals surface area contributed by atoms with Gasteiger partial charge in [0.25, 0.3) is 0 Å². The number of amides is 1. The molecule has 0 saturated heterocycles. The Morgan fingerprint density at radius 3 is 2.50 bits per heavy atom. The Kier molecular flexibility index (Phi) is 7.11. The second-order valence-corrected chi connectivity index (χ2v) is 4.65. The van der Waals surface area contributed by atoms with Crippen LogP contribution in [0.2, 0.25) is 0 Å². The first kappa shape index (κ1) is 14.7. The molecule has 1 rings (SSSR count). The van der Waals surface area contributed by atoms with Crippen LogP contribution in [0.25, 0.3) is 0 Å². The molecule has 100 valence electrons. The molecule has 3 heteroatoms. The van der Waals surface area contributed by atoms with Crippen LogP contribution in [0.3, 0.4) is 0 Å². The highest BCUT2D eigenvalue weighted by Crippen LogP contribution is 2.07. The molecule has 0 heterocycles. The van der Waals surface area contributed by atoms with Crippen LogP contribution in [-0.2, 0) is 11.2 Å². The average molecular weight is 248 g/mol. The van der Waals surface area contributed by atoms with Gasteiger partial charge in [0, 0.05) is 13.0 Å². The van der Waals surface area contributed by atoms with Gasteiger partial charge in [-0.25, -0.2) is 0 Å². The average Bonchev–Trinajstić information content (AvgIpc) is 2.37. The van der Waals surface area contributed by atoms with Gasteiger partial charge < -0.3 is 10.6 Å². The minimum absolute atomic E-state index is 0.165. The molecule has 0 aliphatic rings. The van der Waals surface area contributed by atoms with Crippen molar-refractivity contribution >= 4 is 5.91 Å². The Labute approximate surface area is 110 Å². The molecular weight excluding hydrogens is 224 g/mol. The van der Waals surface area contributed by atoms with Crippen LogP contribution in [0.4, 0.5) is 0 Å². The van der Waals surface area contributed by atoms with E-state index in [1.807, 2.05) is 7.05 Å². The second kappa shape index (κ2) is 8.70. The molecule has 0 unspecified atom stereocenters. The summed E-state index contributed by atoms with van der Waals surface area (Å²) in [6.45, 7) is 3.80. The van der Waals surface area contributed by atoms with Crippen molar-refractivity contribution in [3.8, 4) is 0 Å². The molecule has 0 spiro atoms. The number of nitrogens with one attached hydrogen (secondary N) is 2. The summed E-state index contributed by atoms with van der Waals surface area (Å²) < 4.78 is 0. The first-order chi connectivity index (χ1) is 8.72. The predicted molar refractivity (Wildman–Crippen MR) is 75.7 cm³/mol. The zero-order valence-corrected chi connectivity index (χ0v) is 11.5. The van der Waals surface area contributed by atoms with E-state index >= 15 is 0 Å².